The van der Waals surface area contributed by atoms with Crippen molar-refractivity contribution in [3.05, 3.63) is 59.1 Å². The van der Waals surface area contributed by atoms with E-state index in [1.165, 1.54) is 0 Å². The van der Waals surface area contributed by atoms with Gasteiger partial charge in [0, 0.05) is 31.2 Å². The summed E-state index contributed by atoms with van der Waals surface area (Å²) in [6, 6.07) is 15.3. The fourth-order valence-corrected chi connectivity index (χ4v) is 3.47. The van der Waals surface area contributed by atoms with Gasteiger partial charge in [0.25, 0.3) is 0 Å². The van der Waals surface area contributed by atoms with Crippen LogP contribution in [0.15, 0.2) is 48.5 Å². The predicted octanol–water partition coefficient (Wildman–Crippen LogP) is 2.92. The molecule has 0 amide bonds. The van der Waals surface area contributed by atoms with Gasteiger partial charge in [-0.2, -0.15) is 0 Å². The Balaban J connectivity index is 1.54. The SMILES string of the molecule is CN(C)CCOc1ccc(CN2CCOC[C@](O)(COc3cccc(Cl)c3)C2)cc1. The largest absolute Gasteiger partial charge is 0.492 e. The molecule has 6 nitrogen and oxygen atoms in total. The van der Waals surface area contributed by atoms with Crippen LogP contribution in [-0.4, -0.2) is 80.7 Å². The number of hydrogen-bond donors (Lipinski definition) is 1. The molecule has 7 heteroatoms. The van der Waals surface area contributed by atoms with E-state index in [0.717, 1.165) is 30.9 Å². The third-order valence-corrected chi connectivity index (χ3v) is 5.12. The maximum Gasteiger partial charge on any atom is 0.134 e. The number of ether oxygens (including phenoxy) is 3. The lowest BCUT2D eigenvalue weighted by molar-refractivity contribution is -0.0646. The second-order valence-electron chi connectivity index (χ2n) is 8.03. The number of rotatable bonds is 9. The average Bonchev–Trinajstić information content (AvgIpc) is 2.89. The van der Waals surface area contributed by atoms with Gasteiger partial charge in [-0.25, -0.2) is 0 Å². The van der Waals surface area contributed by atoms with Crippen LogP contribution in [0.2, 0.25) is 5.02 Å². The van der Waals surface area contributed by atoms with E-state index in [9.17, 15) is 5.11 Å². The van der Waals surface area contributed by atoms with Gasteiger partial charge in [-0.3, -0.25) is 4.90 Å². The zero-order chi connectivity index (χ0) is 21.4. The lowest BCUT2D eigenvalue weighted by atomic mass is 10.1. The summed E-state index contributed by atoms with van der Waals surface area (Å²) in [5.41, 5.74) is 0.0728. The number of likely N-dealkylation sites (N-methyl/N-ethyl adjacent to an activating group) is 1. The van der Waals surface area contributed by atoms with E-state index in [1.54, 1.807) is 12.1 Å². The normalized spacial score (nSPS) is 20.2. The summed E-state index contributed by atoms with van der Waals surface area (Å²) in [5.74, 6) is 1.50. The number of hydrogen-bond acceptors (Lipinski definition) is 6. The van der Waals surface area contributed by atoms with E-state index in [-0.39, 0.29) is 13.2 Å². The maximum absolute atomic E-state index is 11.1. The summed E-state index contributed by atoms with van der Waals surface area (Å²) in [6.45, 7) is 4.44. The zero-order valence-electron chi connectivity index (χ0n) is 17.7. The molecule has 1 aliphatic heterocycles. The van der Waals surface area contributed by atoms with Crippen LogP contribution in [0.3, 0.4) is 0 Å². The molecular weight excluding hydrogens is 404 g/mol. The van der Waals surface area contributed by atoms with Crippen LogP contribution in [0.4, 0.5) is 0 Å². The first kappa shape index (κ1) is 22.8. The fraction of sp³-hybridized carbons (Fsp3) is 0.478. The van der Waals surface area contributed by atoms with Gasteiger partial charge in [0.2, 0.25) is 0 Å². The standard InChI is InChI=1S/C23H31ClN2O4/c1-25(2)10-13-29-21-8-6-19(7-9-21)15-26-11-12-28-17-23(27,16-26)18-30-22-5-3-4-20(24)14-22/h3-9,14,27H,10-13,15-18H2,1-2H3/t23-/m0/s1. The summed E-state index contributed by atoms with van der Waals surface area (Å²) in [7, 11) is 4.05. The second-order valence-corrected chi connectivity index (χ2v) is 8.47. The van der Waals surface area contributed by atoms with Crippen LogP contribution in [0, 0.1) is 0 Å². The minimum atomic E-state index is -1.09. The average molecular weight is 435 g/mol. The molecule has 2 aromatic carbocycles. The van der Waals surface area contributed by atoms with E-state index in [2.05, 4.69) is 21.9 Å². The minimum absolute atomic E-state index is 0.141. The van der Waals surface area contributed by atoms with Crippen LogP contribution < -0.4 is 9.47 Å². The highest BCUT2D eigenvalue weighted by Crippen LogP contribution is 2.21. The molecule has 0 saturated carbocycles. The molecule has 164 valence electrons. The molecule has 2 aromatic rings. The van der Waals surface area contributed by atoms with Gasteiger partial charge >= 0.3 is 0 Å². The highest BCUT2D eigenvalue weighted by atomic mass is 35.5. The quantitative estimate of drug-likeness (QED) is 0.655. The van der Waals surface area contributed by atoms with Gasteiger partial charge in [-0.15, -0.1) is 0 Å². The zero-order valence-corrected chi connectivity index (χ0v) is 18.5. The molecule has 0 aromatic heterocycles. The van der Waals surface area contributed by atoms with Crippen LogP contribution in [-0.2, 0) is 11.3 Å². The van der Waals surface area contributed by atoms with Crippen molar-refractivity contribution in [3.8, 4) is 11.5 Å². The van der Waals surface area contributed by atoms with Gasteiger partial charge in [0.05, 0.1) is 13.2 Å². The molecule has 1 atom stereocenters. The van der Waals surface area contributed by atoms with Crippen molar-refractivity contribution in [2.45, 2.75) is 12.1 Å². The first-order valence-electron chi connectivity index (χ1n) is 10.2. The van der Waals surface area contributed by atoms with Gasteiger partial charge in [-0.1, -0.05) is 29.8 Å². The van der Waals surface area contributed by atoms with Crippen LogP contribution >= 0.6 is 11.6 Å². The maximum atomic E-state index is 11.1. The van der Waals surface area contributed by atoms with Crippen molar-refractivity contribution >= 4 is 11.6 Å². The van der Waals surface area contributed by atoms with Crippen LogP contribution in [0.25, 0.3) is 0 Å². The predicted molar refractivity (Wildman–Crippen MR) is 118 cm³/mol. The van der Waals surface area contributed by atoms with Gasteiger partial charge in [0.1, 0.15) is 30.3 Å². The molecule has 1 saturated heterocycles. The summed E-state index contributed by atoms with van der Waals surface area (Å²) in [5, 5.41) is 11.7. The van der Waals surface area contributed by atoms with Crippen molar-refractivity contribution in [3.63, 3.8) is 0 Å². The van der Waals surface area contributed by atoms with Gasteiger partial charge in [0.15, 0.2) is 0 Å². The molecule has 30 heavy (non-hydrogen) atoms. The second kappa shape index (κ2) is 11.0. The van der Waals surface area contributed by atoms with E-state index < -0.39 is 5.60 Å². The van der Waals surface area contributed by atoms with Crippen molar-refractivity contribution in [1.29, 1.82) is 0 Å². The van der Waals surface area contributed by atoms with Crippen LogP contribution in [0.1, 0.15) is 5.56 Å². The highest BCUT2D eigenvalue weighted by molar-refractivity contribution is 6.30. The molecule has 0 bridgehead atoms. The van der Waals surface area contributed by atoms with Crippen molar-refractivity contribution in [2.24, 2.45) is 0 Å². The smallest absolute Gasteiger partial charge is 0.134 e. The Hall–Kier alpha value is -1.83. The lowest BCUT2D eigenvalue weighted by Gasteiger charge is -2.30. The fourth-order valence-electron chi connectivity index (χ4n) is 3.29. The number of nitrogens with zero attached hydrogens (tertiary/aromatic N) is 2. The number of β-amino-alcohol motifs (C(OH)–C–C–N with tert-alkyl or cyclic N) is 1. The van der Waals surface area contributed by atoms with Crippen molar-refractivity contribution < 1.29 is 19.3 Å². The van der Waals surface area contributed by atoms with Gasteiger partial charge in [-0.05, 0) is 50.0 Å². The third-order valence-electron chi connectivity index (χ3n) is 4.88. The molecule has 0 spiro atoms. The highest BCUT2D eigenvalue weighted by Gasteiger charge is 2.33. The molecule has 0 unspecified atom stereocenters. The molecule has 0 radical (unpaired) electrons. The Morgan fingerprint density at radius 1 is 1.13 bits per heavy atom. The molecule has 1 aliphatic rings. The summed E-state index contributed by atoms with van der Waals surface area (Å²) in [4.78, 5) is 4.28. The molecule has 1 N–H and O–H groups in total. The summed E-state index contributed by atoms with van der Waals surface area (Å²) < 4.78 is 17.2. The minimum Gasteiger partial charge on any atom is -0.492 e. The van der Waals surface area contributed by atoms with Crippen LogP contribution in [0.5, 0.6) is 11.5 Å². The summed E-state index contributed by atoms with van der Waals surface area (Å²) >= 11 is 6.01. The van der Waals surface area contributed by atoms with Crippen molar-refractivity contribution in [2.75, 3.05) is 60.2 Å². The first-order valence-corrected chi connectivity index (χ1v) is 10.6. The van der Waals surface area contributed by atoms with E-state index in [0.29, 0.717) is 30.5 Å². The Morgan fingerprint density at radius 3 is 2.67 bits per heavy atom. The monoisotopic (exact) mass is 434 g/mol. The Morgan fingerprint density at radius 2 is 1.93 bits per heavy atom. The Bertz CT molecular complexity index is 787. The first-order chi connectivity index (χ1) is 14.4. The molecule has 3 rings (SSSR count). The molecular formula is C23H31ClN2O4. The lowest BCUT2D eigenvalue weighted by Crippen LogP contribution is -2.48. The number of aliphatic hydroxyl groups is 1. The number of halogens is 1. The van der Waals surface area contributed by atoms with E-state index >= 15 is 0 Å². The summed E-state index contributed by atoms with van der Waals surface area (Å²) in [6.07, 6.45) is 0. The van der Waals surface area contributed by atoms with E-state index in [4.69, 9.17) is 25.8 Å². The number of benzene rings is 2. The third kappa shape index (κ3) is 7.45. The molecule has 1 heterocycles. The van der Waals surface area contributed by atoms with Gasteiger partial charge < -0.3 is 24.2 Å². The topological polar surface area (TPSA) is 54.4 Å². The molecule has 0 aliphatic carbocycles. The molecule has 1 fully saturated rings. The van der Waals surface area contributed by atoms with Crippen molar-refractivity contribution in [1.82, 2.24) is 9.80 Å². The Kier molecular flexibility index (Phi) is 8.36. The Labute approximate surface area is 183 Å². The van der Waals surface area contributed by atoms with E-state index in [1.807, 2.05) is 38.4 Å².